The molecule has 4 atom stereocenters. The van der Waals surface area contributed by atoms with Crippen LogP contribution in [0.2, 0.25) is 0 Å². The van der Waals surface area contributed by atoms with Crippen LogP contribution in [0.3, 0.4) is 0 Å². The maximum absolute atomic E-state index is 13.1. The molecule has 10 heteroatoms. The number of fused-ring (bicyclic) bond motifs is 5. The van der Waals surface area contributed by atoms with Crippen molar-refractivity contribution in [1.29, 1.82) is 0 Å². The van der Waals surface area contributed by atoms with Gasteiger partial charge in [-0.15, -0.1) is 0 Å². The van der Waals surface area contributed by atoms with Crippen LogP contribution in [0.4, 0.5) is 18.0 Å². The molecule has 6 nitrogen and oxygen atoms in total. The summed E-state index contributed by atoms with van der Waals surface area (Å²) in [6, 6.07) is 0. The number of nitrogens with zero attached hydrogens (tertiary/aromatic N) is 1. The Morgan fingerprint density at radius 3 is 2.27 bits per heavy atom. The van der Waals surface area contributed by atoms with Crippen LogP contribution in [0.1, 0.15) is 40.0 Å². The number of Topliss-reactive ketones (excluding diaryl/α,β-unsaturated/α-hetero) is 1. The van der Waals surface area contributed by atoms with Crippen LogP contribution in [-0.4, -0.2) is 35.7 Å². The van der Waals surface area contributed by atoms with Crippen molar-refractivity contribution in [3.05, 3.63) is 11.8 Å². The molecule has 3 aliphatic rings. The lowest BCUT2D eigenvalue weighted by Gasteiger charge is -2.28. The highest BCUT2D eigenvalue weighted by Gasteiger charge is 2.60. The minimum atomic E-state index is -6.10. The molecule has 0 saturated heterocycles. The smallest absolute Gasteiger partial charge is 0.443 e. The van der Waals surface area contributed by atoms with E-state index in [0.717, 1.165) is 19.3 Å². The first-order chi connectivity index (χ1) is 11.7. The Balaban J connectivity index is 2.03. The largest absolute Gasteiger partial charge is 0.517 e. The third-order valence-corrected chi connectivity index (χ3v) is 6.61. The van der Waals surface area contributed by atoms with Gasteiger partial charge in [0.25, 0.3) is 0 Å². The molecule has 0 heterocycles. The number of rotatable bonds is 2. The molecule has 146 valence electrons. The van der Waals surface area contributed by atoms with Gasteiger partial charge in [0, 0.05) is 5.92 Å². The van der Waals surface area contributed by atoms with E-state index in [1.54, 1.807) is 0 Å². The summed E-state index contributed by atoms with van der Waals surface area (Å²) >= 11 is 0. The third kappa shape index (κ3) is 2.91. The molecule has 0 aromatic rings. The highest BCUT2D eigenvalue weighted by atomic mass is 32.2. The van der Waals surface area contributed by atoms with E-state index in [-0.39, 0.29) is 17.8 Å². The van der Waals surface area contributed by atoms with E-state index in [0.29, 0.717) is 0 Å². The van der Waals surface area contributed by atoms with Crippen molar-refractivity contribution >= 4 is 21.9 Å². The Bertz CT molecular complexity index is 781. The molecule has 0 aliphatic heterocycles. The number of carbonyl (C=O) groups is 2. The minimum absolute atomic E-state index is 0.0281. The molecule has 0 unspecified atom stereocenters. The molecule has 0 spiro atoms. The molecule has 0 aromatic heterocycles. The number of halogens is 3. The molecule has 2 saturated carbocycles. The summed E-state index contributed by atoms with van der Waals surface area (Å²) in [5.41, 5.74) is -7.70. The van der Waals surface area contributed by atoms with Gasteiger partial charge in [0.05, 0.1) is 0 Å². The number of sulfonamides is 1. The van der Waals surface area contributed by atoms with Crippen molar-refractivity contribution in [3.63, 3.8) is 0 Å². The molecular weight excluding hydrogens is 375 g/mol. The average molecular weight is 395 g/mol. The molecule has 3 aliphatic carbocycles. The van der Waals surface area contributed by atoms with Crippen molar-refractivity contribution < 1.29 is 35.9 Å². The Morgan fingerprint density at radius 2 is 1.77 bits per heavy atom. The topological polar surface area (TPSA) is 80.8 Å². The van der Waals surface area contributed by atoms with Gasteiger partial charge in [-0.1, -0.05) is 6.08 Å². The maximum atomic E-state index is 13.1. The van der Waals surface area contributed by atoms with Crippen molar-refractivity contribution in [2.75, 3.05) is 0 Å². The van der Waals surface area contributed by atoms with Crippen molar-refractivity contribution in [1.82, 2.24) is 4.31 Å². The second kappa shape index (κ2) is 5.71. The van der Waals surface area contributed by atoms with Gasteiger partial charge in [0.15, 0.2) is 5.78 Å². The van der Waals surface area contributed by atoms with Crippen LogP contribution in [-0.2, 0) is 19.6 Å². The van der Waals surface area contributed by atoms with Crippen LogP contribution in [0.15, 0.2) is 11.8 Å². The van der Waals surface area contributed by atoms with Gasteiger partial charge in [-0.25, -0.2) is 4.79 Å². The van der Waals surface area contributed by atoms with Crippen LogP contribution in [0.25, 0.3) is 0 Å². The number of allylic oxidation sites excluding steroid dienone is 2. The van der Waals surface area contributed by atoms with E-state index in [1.807, 2.05) is 0 Å². The zero-order chi connectivity index (χ0) is 19.7. The number of ketones is 1. The van der Waals surface area contributed by atoms with Gasteiger partial charge in [-0.3, -0.25) is 4.79 Å². The molecule has 3 rings (SSSR count). The first-order valence-corrected chi connectivity index (χ1v) is 9.78. The van der Waals surface area contributed by atoms with Crippen molar-refractivity contribution in [2.45, 2.75) is 51.1 Å². The first kappa shape index (κ1) is 19.2. The second-order valence-electron chi connectivity index (χ2n) is 8.05. The van der Waals surface area contributed by atoms with Crippen molar-refractivity contribution in [3.8, 4) is 0 Å². The van der Waals surface area contributed by atoms with E-state index >= 15 is 0 Å². The highest BCUT2D eigenvalue weighted by Crippen LogP contribution is 2.57. The third-order valence-electron chi connectivity index (χ3n) is 5.20. The molecule has 2 fully saturated rings. The summed E-state index contributed by atoms with van der Waals surface area (Å²) in [5, 5.41) is 0. The van der Waals surface area contributed by atoms with Crippen LogP contribution in [0, 0.1) is 23.7 Å². The van der Waals surface area contributed by atoms with Gasteiger partial charge >= 0.3 is 21.6 Å². The fraction of sp³-hybridized carbons (Fsp3) is 0.750. The number of hydrogen-bond donors (Lipinski definition) is 0. The summed E-state index contributed by atoms with van der Waals surface area (Å²) < 4.78 is 67.8. The molecule has 2 bridgehead atoms. The Morgan fingerprint density at radius 1 is 1.19 bits per heavy atom. The summed E-state index contributed by atoms with van der Waals surface area (Å²) in [6.07, 6.45) is 1.95. The molecule has 1 amide bonds. The zero-order valence-corrected chi connectivity index (χ0v) is 15.4. The summed E-state index contributed by atoms with van der Waals surface area (Å²) in [6.45, 7) is 4.18. The van der Waals surface area contributed by atoms with Crippen LogP contribution in [0.5, 0.6) is 0 Å². The Labute approximate surface area is 149 Å². The number of hydrogen-bond acceptors (Lipinski definition) is 5. The van der Waals surface area contributed by atoms with Gasteiger partial charge in [-0.05, 0) is 57.8 Å². The lowest BCUT2D eigenvalue weighted by molar-refractivity contribution is -0.121. The molecule has 0 N–H and O–H groups in total. The lowest BCUT2D eigenvalue weighted by atomic mass is 9.81. The highest BCUT2D eigenvalue weighted by molar-refractivity contribution is 7.90. The quantitative estimate of drug-likeness (QED) is 0.717. The van der Waals surface area contributed by atoms with Crippen molar-refractivity contribution in [2.24, 2.45) is 23.7 Å². The summed E-state index contributed by atoms with van der Waals surface area (Å²) in [7, 11) is -6.10. The monoisotopic (exact) mass is 395 g/mol. The van der Waals surface area contributed by atoms with E-state index in [9.17, 15) is 31.2 Å². The zero-order valence-electron chi connectivity index (χ0n) is 14.5. The van der Waals surface area contributed by atoms with Gasteiger partial charge in [-0.2, -0.15) is 25.9 Å². The van der Waals surface area contributed by atoms with E-state index in [4.69, 9.17) is 4.74 Å². The predicted molar refractivity (Wildman–Crippen MR) is 83.9 cm³/mol. The predicted octanol–water partition coefficient (Wildman–Crippen LogP) is 3.20. The average Bonchev–Trinajstić information content (AvgIpc) is 3.10. The minimum Gasteiger partial charge on any atom is -0.443 e. The Kier molecular flexibility index (Phi) is 4.21. The number of amides is 1. The van der Waals surface area contributed by atoms with Crippen LogP contribution >= 0.6 is 0 Å². The molecule has 26 heavy (non-hydrogen) atoms. The molecule has 0 aromatic carbocycles. The van der Waals surface area contributed by atoms with E-state index in [1.165, 1.54) is 26.8 Å². The summed E-state index contributed by atoms with van der Waals surface area (Å²) in [4.78, 5) is 25.0. The fourth-order valence-electron chi connectivity index (χ4n) is 4.30. The normalized spacial score (nSPS) is 31.0. The van der Waals surface area contributed by atoms with Crippen LogP contribution < -0.4 is 0 Å². The second-order valence-corrected chi connectivity index (χ2v) is 9.83. The lowest BCUT2D eigenvalue weighted by Crippen LogP contribution is -2.47. The SMILES string of the molecule is CC(C)(C)OC(=O)N(C1=C[C@@H]2[C@H]3CC[C@H](C3)[C@@H]2C1=O)S(=O)(=O)C(F)(F)F. The summed E-state index contributed by atoms with van der Waals surface area (Å²) in [5.74, 6) is -1.41. The number of alkyl halides is 3. The Hall–Kier alpha value is -1.58. The fourth-order valence-corrected chi connectivity index (χ4v) is 5.15. The van der Waals surface area contributed by atoms with Gasteiger partial charge < -0.3 is 4.74 Å². The molecule has 0 radical (unpaired) electrons. The van der Waals surface area contributed by atoms with Gasteiger partial charge in [0.1, 0.15) is 11.3 Å². The number of ether oxygens (including phenoxy) is 1. The first-order valence-electron chi connectivity index (χ1n) is 8.34. The van der Waals surface area contributed by atoms with E-state index in [2.05, 4.69) is 0 Å². The van der Waals surface area contributed by atoms with E-state index < -0.39 is 48.9 Å². The number of carbonyl (C=O) groups excluding carboxylic acids is 2. The standard InChI is InChI=1S/C16H20F3NO5S/c1-15(2,3)25-14(22)20(26(23,24)16(17,18)19)11-7-10-8-4-5-9(6-8)12(10)13(11)21/h7-10,12H,4-6H2,1-3H3/t8-,9+,10+,12-/m0/s1. The van der Waals surface area contributed by atoms with Gasteiger partial charge in [0.2, 0.25) is 0 Å². The maximum Gasteiger partial charge on any atom is 0.517 e. The molecular formula is C16H20F3NO5S.